The second-order valence-corrected chi connectivity index (χ2v) is 8.19. The molecular weight excluding hydrogens is 340 g/mol. The number of rotatable bonds is 6. The average molecular weight is 373 g/mol. The Bertz CT molecular complexity index is 734. The van der Waals surface area contributed by atoms with Crippen LogP contribution in [0.3, 0.4) is 0 Å². The molecule has 3 heterocycles. The Morgan fingerprint density at radius 2 is 2.19 bits per heavy atom. The van der Waals surface area contributed by atoms with E-state index in [0.29, 0.717) is 18.4 Å². The summed E-state index contributed by atoms with van der Waals surface area (Å²) in [6.07, 6.45) is 8.53. The summed E-state index contributed by atoms with van der Waals surface area (Å²) in [6.45, 7) is 11.1. The van der Waals surface area contributed by atoms with Crippen molar-refractivity contribution in [2.24, 2.45) is 5.92 Å². The molecule has 1 aliphatic rings. The fourth-order valence-electron chi connectivity index (χ4n) is 3.74. The highest BCUT2D eigenvalue weighted by molar-refractivity contribution is 5.90. The Hall–Kier alpha value is -2.31. The van der Waals surface area contributed by atoms with Crippen LogP contribution in [-0.4, -0.2) is 43.8 Å². The van der Waals surface area contributed by atoms with Crippen LogP contribution in [0, 0.1) is 5.92 Å². The van der Waals surface area contributed by atoms with Gasteiger partial charge in [-0.3, -0.25) is 4.68 Å². The lowest BCUT2D eigenvalue weighted by molar-refractivity contribution is 0.191. The topological polar surface area (TPSA) is 78.8 Å². The molecule has 0 saturated carbocycles. The standard InChI is InChI=1S/C20H32N6O/c1-14(2)7-11-26-18(15(3)4)17(12-23-26)24-20(27)25-10-5-6-16(13-25)19-21-8-9-22-19/h8-9,12,14-16H,5-7,10-11,13H2,1-4H3,(H,21,22)(H,24,27). The number of hydrogen-bond donors (Lipinski definition) is 2. The van der Waals surface area contributed by atoms with E-state index in [9.17, 15) is 4.79 Å². The number of piperidine rings is 1. The van der Waals surface area contributed by atoms with Crippen molar-refractivity contribution in [3.05, 3.63) is 30.1 Å². The van der Waals surface area contributed by atoms with Crippen molar-refractivity contribution in [1.29, 1.82) is 0 Å². The van der Waals surface area contributed by atoms with Gasteiger partial charge in [0.15, 0.2) is 0 Å². The lowest BCUT2D eigenvalue weighted by Crippen LogP contribution is -2.42. The number of imidazole rings is 1. The van der Waals surface area contributed by atoms with E-state index in [4.69, 9.17) is 0 Å². The van der Waals surface area contributed by atoms with E-state index in [1.54, 1.807) is 12.4 Å². The summed E-state index contributed by atoms with van der Waals surface area (Å²) in [5, 5.41) is 7.64. The van der Waals surface area contributed by atoms with Gasteiger partial charge in [0.1, 0.15) is 5.82 Å². The van der Waals surface area contributed by atoms with E-state index in [1.807, 2.05) is 15.8 Å². The van der Waals surface area contributed by atoms with Crippen molar-refractivity contribution in [1.82, 2.24) is 24.6 Å². The first-order valence-electron chi connectivity index (χ1n) is 10.1. The highest BCUT2D eigenvalue weighted by atomic mass is 16.2. The predicted molar refractivity (Wildman–Crippen MR) is 107 cm³/mol. The Morgan fingerprint density at radius 3 is 2.85 bits per heavy atom. The minimum atomic E-state index is -0.0448. The number of aromatic amines is 1. The molecule has 2 amide bonds. The van der Waals surface area contributed by atoms with E-state index >= 15 is 0 Å². The maximum absolute atomic E-state index is 12.9. The second-order valence-electron chi connectivity index (χ2n) is 8.19. The van der Waals surface area contributed by atoms with Gasteiger partial charge in [0.05, 0.1) is 17.6 Å². The number of nitrogens with one attached hydrogen (secondary N) is 2. The van der Waals surface area contributed by atoms with Crippen LogP contribution in [0.25, 0.3) is 0 Å². The fraction of sp³-hybridized carbons (Fsp3) is 0.650. The summed E-state index contributed by atoms with van der Waals surface area (Å²) in [5.74, 6) is 2.17. The van der Waals surface area contributed by atoms with Gasteiger partial charge < -0.3 is 15.2 Å². The zero-order chi connectivity index (χ0) is 19.4. The van der Waals surface area contributed by atoms with Crippen LogP contribution >= 0.6 is 0 Å². The predicted octanol–water partition coefficient (Wildman–Crippen LogP) is 4.19. The van der Waals surface area contributed by atoms with Gasteiger partial charge in [-0.25, -0.2) is 9.78 Å². The molecule has 0 radical (unpaired) electrons. The first kappa shape index (κ1) is 19.5. The van der Waals surface area contributed by atoms with Crippen molar-refractivity contribution in [3.63, 3.8) is 0 Å². The Labute approximate surface area is 161 Å². The summed E-state index contributed by atoms with van der Waals surface area (Å²) in [6, 6.07) is -0.0448. The quantitative estimate of drug-likeness (QED) is 0.798. The van der Waals surface area contributed by atoms with Gasteiger partial charge in [-0.15, -0.1) is 0 Å². The molecule has 7 heteroatoms. The molecule has 2 aromatic heterocycles. The number of urea groups is 1. The van der Waals surface area contributed by atoms with Crippen LogP contribution in [0.4, 0.5) is 10.5 Å². The van der Waals surface area contributed by atoms with Gasteiger partial charge in [0, 0.05) is 37.9 Å². The largest absolute Gasteiger partial charge is 0.348 e. The number of likely N-dealkylation sites (tertiary alicyclic amines) is 1. The van der Waals surface area contributed by atoms with Gasteiger partial charge in [-0.05, 0) is 31.1 Å². The molecule has 1 fully saturated rings. The molecule has 148 valence electrons. The van der Waals surface area contributed by atoms with Crippen molar-refractivity contribution in [2.75, 3.05) is 18.4 Å². The molecule has 0 bridgehead atoms. The molecule has 1 saturated heterocycles. The molecule has 0 aromatic carbocycles. The van der Waals surface area contributed by atoms with E-state index in [0.717, 1.165) is 49.6 Å². The number of anilines is 1. The maximum atomic E-state index is 12.9. The summed E-state index contributed by atoms with van der Waals surface area (Å²) >= 11 is 0. The van der Waals surface area contributed by atoms with Gasteiger partial charge >= 0.3 is 6.03 Å². The minimum absolute atomic E-state index is 0.0448. The molecule has 0 aliphatic carbocycles. The third-order valence-corrected chi connectivity index (χ3v) is 5.20. The molecule has 0 spiro atoms. The van der Waals surface area contributed by atoms with Crippen molar-refractivity contribution in [2.45, 2.75) is 65.3 Å². The van der Waals surface area contributed by atoms with Crippen molar-refractivity contribution in [3.8, 4) is 0 Å². The van der Waals surface area contributed by atoms with E-state index in [2.05, 4.69) is 48.1 Å². The van der Waals surface area contributed by atoms with Crippen LogP contribution in [0.1, 0.15) is 70.3 Å². The Kier molecular flexibility index (Phi) is 6.19. The molecule has 3 rings (SSSR count). The zero-order valence-electron chi connectivity index (χ0n) is 16.9. The summed E-state index contributed by atoms with van der Waals surface area (Å²) in [7, 11) is 0. The molecular formula is C20H32N6O. The smallest absolute Gasteiger partial charge is 0.321 e. The van der Waals surface area contributed by atoms with Gasteiger partial charge in [0.2, 0.25) is 0 Å². The third-order valence-electron chi connectivity index (χ3n) is 5.20. The minimum Gasteiger partial charge on any atom is -0.348 e. The fourth-order valence-corrected chi connectivity index (χ4v) is 3.74. The number of carbonyl (C=O) groups is 1. The van der Waals surface area contributed by atoms with Crippen LogP contribution in [-0.2, 0) is 6.54 Å². The Balaban J connectivity index is 1.68. The van der Waals surface area contributed by atoms with Gasteiger partial charge in [-0.2, -0.15) is 5.10 Å². The van der Waals surface area contributed by atoms with Crippen molar-refractivity contribution >= 4 is 11.7 Å². The SMILES string of the molecule is CC(C)CCn1ncc(NC(=O)N2CCCC(c3ncc[nH]3)C2)c1C(C)C. The maximum Gasteiger partial charge on any atom is 0.321 e. The molecule has 2 aromatic rings. The van der Waals surface area contributed by atoms with Crippen LogP contribution in [0.5, 0.6) is 0 Å². The van der Waals surface area contributed by atoms with E-state index < -0.39 is 0 Å². The van der Waals surface area contributed by atoms with E-state index in [-0.39, 0.29) is 11.9 Å². The van der Waals surface area contributed by atoms with Crippen LogP contribution in [0.2, 0.25) is 0 Å². The van der Waals surface area contributed by atoms with Gasteiger partial charge in [0.25, 0.3) is 0 Å². The van der Waals surface area contributed by atoms with Crippen LogP contribution < -0.4 is 5.32 Å². The first-order valence-corrected chi connectivity index (χ1v) is 10.1. The number of aromatic nitrogens is 4. The summed E-state index contributed by atoms with van der Waals surface area (Å²) < 4.78 is 2.04. The average Bonchev–Trinajstić information content (AvgIpc) is 3.30. The normalized spacial score (nSPS) is 17.7. The lowest BCUT2D eigenvalue weighted by atomic mass is 9.97. The first-order chi connectivity index (χ1) is 13.0. The number of nitrogens with zero attached hydrogens (tertiary/aromatic N) is 4. The lowest BCUT2D eigenvalue weighted by Gasteiger charge is -2.32. The molecule has 7 nitrogen and oxygen atoms in total. The van der Waals surface area contributed by atoms with Crippen molar-refractivity contribution < 1.29 is 4.79 Å². The van der Waals surface area contributed by atoms with Crippen LogP contribution in [0.15, 0.2) is 18.6 Å². The number of H-pyrrole nitrogens is 1. The molecule has 1 unspecified atom stereocenters. The number of hydrogen-bond acceptors (Lipinski definition) is 3. The molecule has 27 heavy (non-hydrogen) atoms. The second kappa shape index (κ2) is 8.59. The summed E-state index contributed by atoms with van der Waals surface area (Å²) in [5.41, 5.74) is 1.93. The summed E-state index contributed by atoms with van der Waals surface area (Å²) in [4.78, 5) is 22.3. The monoisotopic (exact) mass is 372 g/mol. The zero-order valence-corrected chi connectivity index (χ0v) is 16.9. The number of aryl methyl sites for hydroxylation is 1. The molecule has 2 N–H and O–H groups in total. The van der Waals surface area contributed by atoms with E-state index in [1.165, 1.54) is 0 Å². The third kappa shape index (κ3) is 4.70. The molecule has 1 atom stereocenters. The number of carbonyl (C=O) groups excluding carboxylic acids is 1. The number of amides is 2. The highest BCUT2D eigenvalue weighted by Gasteiger charge is 2.27. The Morgan fingerprint density at radius 1 is 1.37 bits per heavy atom. The highest BCUT2D eigenvalue weighted by Crippen LogP contribution is 2.27. The van der Waals surface area contributed by atoms with Gasteiger partial charge in [-0.1, -0.05) is 27.7 Å². The molecule has 1 aliphatic heterocycles.